The Hall–Kier alpha value is -3.97. The van der Waals surface area contributed by atoms with E-state index < -0.39 is 0 Å². The fourth-order valence-corrected chi connectivity index (χ4v) is 4.87. The molecule has 3 heterocycles. The molecule has 35 heavy (non-hydrogen) atoms. The molecule has 7 nitrogen and oxygen atoms in total. The maximum absolute atomic E-state index is 12.3. The lowest BCUT2D eigenvalue weighted by molar-refractivity contribution is -0.119. The third kappa shape index (κ3) is 3.88. The molecule has 2 aromatic heterocycles. The fourth-order valence-electron chi connectivity index (χ4n) is 4.71. The van der Waals surface area contributed by atoms with Gasteiger partial charge in [-0.2, -0.15) is 4.98 Å². The number of fused-ring (bicyclic) bond motifs is 3. The molecule has 1 amide bonds. The van der Waals surface area contributed by atoms with E-state index in [2.05, 4.69) is 45.4 Å². The van der Waals surface area contributed by atoms with Gasteiger partial charge in [0.05, 0.1) is 5.52 Å². The third-order valence-electron chi connectivity index (χ3n) is 6.58. The number of carbonyl (C=O) groups excluding carboxylic acids is 1. The predicted octanol–water partition coefficient (Wildman–Crippen LogP) is 5.88. The Labute approximate surface area is 207 Å². The lowest BCUT2D eigenvalue weighted by atomic mass is 10.0. The Balaban J connectivity index is 1.36. The lowest BCUT2D eigenvalue weighted by Crippen LogP contribution is -2.35. The van der Waals surface area contributed by atoms with E-state index >= 15 is 0 Å². The smallest absolute Gasteiger partial charge is 0.257 e. The monoisotopic (exact) mass is 482 g/mol. The van der Waals surface area contributed by atoms with Crippen molar-refractivity contribution >= 4 is 51.4 Å². The number of nitrogens with zero attached hydrogens (tertiary/aromatic N) is 6. The quantitative estimate of drug-likeness (QED) is 0.320. The molecule has 174 valence electrons. The topological polar surface area (TPSA) is 66.6 Å². The standard InChI is InChI=1S/C27H23ClN6O/c1-32(26-23-13-10-20(28)16-24(23)34-17-29-31-27(34)30-26)22-6-4-5-19(15-22)18-8-11-21(12-9-18)33-14-3-2-7-25(33)35/h4-6,8-13,15-17H,2-3,7,14H2,1H3. The number of benzene rings is 3. The highest BCUT2D eigenvalue weighted by Gasteiger charge is 2.20. The second-order valence-electron chi connectivity index (χ2n) is 8.76. The van der Waals surface area contributed by atoms with Gasteiger partial charge in [0.15, 0.2) is 0 Å². The molecule has 0 atom stereocenters. The number of carbonyl (C=O) groups is 1. The molecule has 0 N–H and O–H groups in total. The minimum absolute atomic E-state index is 0.207. The highest BCUT2D eigenvalue weighted by molar-refractivity contribution is 6.31. The molecule has 0 aliphatic carbocycles. The van der Waals surface area contributed by atoms with Crippen LogP contribution < -0.4 is 9.80 Å². The molecule has 8 heteroatoms. The van der Waals surface area contributed by atoms with Crippen molar-refractivity contribution in [1.82, 2.24) is 19.6 Å². The van der Waals surface area contributed by atoms with E-state index in [4.69, 9.17) is 16.6 Å². The van der Waals surface area contributed by atoms with Crippen LogP contribution in [-0.2, 0) is 4.79 Å². The Morgan fingerprint density at radius 3 is 2.66 bits per heavy atom. The number of piperidine rings is 1. The highest BCUT2D eigenvalue weighted by Crippen LogP contribution is 2.34. The molecular formula is C27H23ClN6O. The van der Waals surface area contributed by atoms with E-state index in [-0.39, 0.29) is 5.91 Å². The molecular weight excluding hydrogens is 460 g/mol. The minimum atomic E-state index is 0.207. The molecule has 0 unspecified atom stereocenters. The van der Waals surface area contributed by atoms with Gasteiger partial charge in [-0.05, 0) is 66.4 Å². The van der Waals surface area contributed by atoms with Crippen molar-refractivity contribution in [2.45, 2.75) is 19.3 Å². The van der Waals surface area contributed by atoms with E-state index in [9.17, 15) is 4.79 Å². The van der Waals surface area contributed by atoms with Gasteiger partial charge >= 0.3 is 0 Å². The first-order valence-corrected chi connectivity index (χ1v) is 12.0. The second-order valence-corrected chi connectivity index (χ2v) is 9.19. The van der Waals surface area contributed by atoms with Crippen molar-refractivity contribution in [2.75, 3.05) is 23.4 Å². The molecule has 5 aromatic rings. The van der Waals surface area contributed by atoms with Crippen LogP contribution in [0.3, 0.4) is 0 Å². The number of amides is 1. The van der Waals surface area contributed by atoms with Gasteiger partial charge in [-0.3, -0.25) is 9.20 Å². The van der Waals surface area contributed by atoms with Crippen LogP contribution >= 0.6 is 11.6 Å². The summed E-state index contributed by atoms with van der Waals surface area (Å²) in [6.45, 7) is 0.793. The Morgan fingerprint density at radius 2 is 1.83 bits per heavy atom. The summed E-state index contributed by atoms with van der Waals surface area (Å²) < 4.78 is 1.84. The van der Waals surface area contributed by atoms with Crippen molar-refractivity contribution in [1.29, 1.82) is 0 Å². The van der Waals surface area contributed by atoms with Crippen LogP contribution in [0.1, 0.15) is 19.3 Å². The molecule has 0 saturated carbocycles. The van der Waals surface area contributed by atoms with Gasteiger partial charge in [-0.25, -0.2) is 0 Å². The number of hydrogen-bond donors (Lipinski definition) is 0. The van der Waals surface area contributed by atoms with Gasteiger partial charge in [0, 0.05) is 41.8 Å². The zero-order chi connectivity index (χ0) is 23.9. The second kappa shape index (κ2) is 8.67. The summed E-state index contributed by atoms with van der Waals surface area (Å²) in [7, 11) is 1.99. The first-order chi connectivity index (χ1) is 17.1. The van der Waals surface area contributed by atoms with Gasteiger partial charge in [-0.15, -0.1) is 10.2 Å². The molecule has 1 saturated heterocycles. The van der Waals surface area contributed by atoms with Crippen molar-refractivity contribution in [3.05, 3.63) is 78.1 Å². The summed E-state index contributed by atoms with van der Waals surface area (Å²) in [5.74, 6) is 1.49. The first kappa shape index (κ1) is 21.6. The first-order valence-electron chi connectivity index (χ1n) is 11.6. The van der Waals surface area contributed by atoms with E-state index in [0.29, 0.717) is 17.2 Å². The van der Waals surface area contributed by atoms with Crippen LogP contribution in [0.15, 0.2) is 73.1 Å². The number of hydrogen-bond acceptors (Lipinski definition) is 5. The van der Waals surface area contributed by atoms with Crippen LogP contribution in [-0.4, -0.2) is 39.1 Å². The molecule has 6 rings (SSSR count). The average molecular weight is 483 g/mol. The van der Waals surface area contributed by atoms with Crippen molar-refractivity contribution in [3.8, 4) is 11.1 Å². The Kier molecular flexibility index (Phi) is 5.34. The lowest BCUT2D eigenvalue weighted by Gasteiger charge is -2.27. The molecule has 1 aliphatic heterocycles. The summed E-state index contributed by atoms with van der Waals surface area (Å²) in [4.78, 5) is 21.0. The Bertz CT molecular complexity index is 1560. The molecule has 0 bridgehead atoms. The molecule has 3 aromatic carbocycles. The van der Waals surface area contributed by atoms with Crippen LogP contribution in [0.2, 0.25) is 5.02 Å². The zero-order valence-corrected chi connectivity index (χ0v) is 20.0. The van der Waals surface area contributed by atoms with Gasteiger partial charge in [0.2, 0.25) is 5.91 Å². The maximum atomic E-state index is 12.3. The van der Waals surface area contributed by atoms with Gasteiger partial charge < -0.3 is 9.80 Å². The molecule has 1 aliphatic rings. The van der Waals surface area contributed by atoms with E-state index in [1.54, 1.807) is 6.33 Å². The maximum Gasteiger partial charge on any atom is 0.257 e. The number of rotatable bonds is 4. The highest BCUT2D eigenvalue weighted by atomic mass is 35.5. The predicted molar refractivity (Wildman–Crippen MR) is 139 cm³/mol. The van der Waals surface area contributed by atoms with Gasteiger partial charge in [0.1, 0.15) is 12.1 Å². The molecule has 0 radical (unpaired) electrons. The summed E-state index contributed by atoms with van der Waals surface area (Å²) in [5.41, 5.74) is 5.02. The summed E-state index contributed by atoms with van der Waals surface area (Å²) in [6, 6.07) is 22.3. The third-order valence-corrected chi connectivity index (χ3v) is 6.82. The van der Waals surface area contributed by atoms with Gasteiger partial charge in [-0.1, -0.05) is 35.9 Å². The van der Waals surface area contributed by atoms with Gasteiger partial charge in [0.25, 0.3) is 5.78 Å². The summed E-state index contributed by atoms with van der Waals surface area (Å²) in [5, 5.41) is 9.77. The van der Waals surface area contributed by atoms with Crippen LogP contribution in [0.5, 0.6) is 0 Å². The largest absolute Gasteiger partial charge is 0.329 e. The van der Waals surface area contributed by atoms with E-state index in [1.165, 1.54) is 0 Å². The van der Waals surface area contributed by atoms with Crippen LogP contribution in [0.4, 0.5) is 17.2 Å². The molecule has 0 spiro atoms. The van der Waals surface area contributed by atoms with Crippen molar-refractivity contribution < 1.29 is 4.79 Å². The zero-order valence-electron chi connectivity index (χ0n) is 19.2. The normalized spacial score (nSPS) is 14.1. The SMILES string of the molecule is CN(c1cccc(-c2ccc(N3CCCCC3=O)cc2)c1)c1nc2nncn2c2cc(Cl)ccc12. The summed E-state index contributed by atoms with van der Waals surface area (Å²) >= 11 is 6.28. The fraction of sp³-hybridized carbons (Fsp3) is 0.185. The number of anilines is 3. The van der Waals surface area contributed by atoms with Crippen LogP contribution in [0.25, 0.3) is 27.8 Å². The van der Waals surface area contributed by atoms with Crippen molar-refractivity contribution in [2.24, 2.45) is 0 Å². The number of aromatic nitrogens is 4. The van der Waals surface area contributed by atoms with Crippen molar-refractivity contribution in [3.63, 3.8) is 0 Å². The summed E-state index contributed by atoms with van der Waals surface area (Å²) in [6.07, 6.45) is 4.31. The Morgan fingerprint density at radius 1 is 0.971 bits per heavy atom. The van der Waals surface area contributed by atoms with Crippen LogP contribution in [0, 0.1) is 0 Å². The minimum Gasteiger partial charge on any atom is -0.329 e. The van der Waals surface area contributed by atoms with E-state index in [1.807, 2.05) is 52.7 Å². The molecule has 1 fully saturated rings. The average Bonchev–Trinajstić information content (AvgIpc) is 3.37. The number of halogens is 1. The van der Waals surface area contributed by atoms with E-state index in [0.717, 1.165) is 58.6 Å².